The second-order valence-electron chi connectivity index (χ2n) is 5.95. The lowest BCUT2D eigenvalue weighted by Crippen LogP contribution is -2.31. The van der Waals surface area contributed by atoms with Crippen LogP contribution in [0.5, 0.6) is 0 Å². The van der Waals surface area contributed by atoms with Gasteiger partial charge in [-0.05, 0) is 71.8 Å². The van der Waals surface area contributed by atoms with Gasteiger partial charge < -0.3 is 10.1 Å². The molecule has 26 heavy (non-hydrogen) atoms. The minimum absolute atomic E-state index is 0.0586. The summed E-state index contributed by atoms with van der Waals surface area (Å²) in [5, 5.41) is 2.78. The van der Waals surface area contributed by atoms with Crippen molar-refractivity contribution in [1.29, 1.82) is 0 Å². The molecule has 0 spiro atoms. The highest BCUT2D eigenvalue weighted by molar-refractivity contribution is 14.1. The number of hydrogen-bond acceptors (Lipinski definition) is 4. The number of nitrogens with one attached hydrogen (secondary N) is 2. The zero-order chi connectivity index (χ0) is 18.6. The Kier molecular flexibility index (Phi) is 6.28. The van der Waals surface area contributed by atoms with Crippen molar-refractivity contribution in [1.82, 2.24) is 4.72 Å². The smallest absolute Gasteiger partial charge is 0.256 e. The van der Waals surface area contributed by atoms with Crippen molar-refractivity contribution in [2.24, 2.45) is 0 Å². The summed E-state index contributed by atoms with van der Waals surface area (Å²) in [6, 6.07) is 13.4. The average Bonchev–Trinajstić information content (AvgIpc) is 3.14. The van der Waals surface area contributed by atoms with Gasteiger partial charge in [-0.25, -0.2) is 13.1 Å². The molecule has 1 amide bonds. The molecule has 0 radical (unpaired) electrons. The zero-order valence-corrected chi connectivity index (χ0v) is 16.9. The van der Waals surface area contributed by atoms with Crippen LogP contribution in [0.1, 0.15) is 23.2 Å². The van der Waals surface area contributed by atoms with E-state index >= 15 is 0 Å². The molecule has 1 aliphatic heterocycles. The lowest BCUT2D eigenvalue weighted by atomic mass is 10.2. The van der Waals surface area contributed by atoms with Gasteiger partial charge in [0.2, 0.25) is 10.0 Å². The lowest BCUT2D eigenvalue weighted by molar-refractivity contribution is 0.102. The maximum Gasteiger partial charge on any atom is 0.256 e. The first kappa shape index (κ1) is 19.3. The molecule has 1 heterocycles. The summed E-state index contributed by atoms with van der Waals surface area (Å²) < 4.78 is 33.5. The summed E-state index contributed by atoms with van der Waals surface area (Å²) in [6.45, 7) is 0.953. The van der Waals surface area contributed by atoms with Gasteiger partial charge in [-0.1, -0.05) is 12.1 Å². The van der Waals surface area contributed by atoms with E-state index in [-0.39, 0.29) is 23.5 Å². The molecule has 0 bridgehead atoms. The molecule has 0 aliphatic carbocycles. The molecule has 1 aliphatic rings. The molecule has 138 valence electrons. The van der Waals surface area contributed by atoms with E-state index in [0.717, 1.165) is 16.4 Å². The van der Waals surface area contributed by atoms with Gasteiger partial charge in [0.15, 0.2) is 0 Å². The summed E-state index contributed by atoms with van der Waals surface area (Å²) in [5.41, 5.74) is 1.11. The van der Waals surface area contributed by atoms with Gasteiger partial charge in [-0.15, -0.1) is 0 Å². The molecule has 6 nitrogen and oxygen atoms in total. The fourth-order valence-corrected chi connectivity index (χ4v) is 4.35. The predicted molar refractivity (Wildman–Crippen MR) is 108 cm³/mol. The highest BCUT2D eigenvalue weighted by Crippen LogP contribution is 2.18. The third kappa shape index (κ3) is 4.81. The Morgan fingerprint density at radius 3 is 2.54 bits per heavy atom. The Hall–Kier alpha value is -1.49. The zero-order valence-electron chi connectivity index (χ0n) is 13.9. The van der Waals surface area contributed by atoms with Gasteiger partial charge in [0.05, 0.1) is 16.6 Å². The van der Waals surface area contributed by atoms with Crippen molar-refractivity contribution in [3.05, 3.63) is 57.7 Å². The summed E-state index contributed by atoms with van der Waals surface area (Å²) >= 11 is 2.10. The number of carbonyl (C=O) groups excluding carboxylic acids is 1. The maximum absolute atomic E-state index is 12.3. The molecule has 3 rings (SSSR count). The van der Waals surface area contributed by atoms with Crippen molar-refractivity contribution in [3.8, 4) is 0 Å². The number of benzene rings is 2. The molecule has 0 aromatic heterocycles. The maximum atomic E-state index is 12.3. The predicted octanol–water partition coefficient (Wildman–Crippen LogP) is 3.00. The Morgan fingerprint density at radius 2 is 1.88 bits per heavy atom. The second kappa shape index (κ2) is 8.47. The Morgan fingerprint density at radius 1 is 1.15 bits per heavy atom. The van der Waals surface area contributed by atoms with E-state index in [2.05, 4.69) is 32.6 Å². The molecule has 1 atom stereocenters. The number of hydrogen-bond donors (Lipinski definition) is 2. The summed E-state index contributed by atoms with van der Waals surface area (Å²) in [7, 11) is -3.60. The van der Waals surface area contributed by atoms with Crippen LogP contribution >= 0.6 is 22.6 Å². The van der Waals surface area contributed by atoms with Crippen LogP contribution in [0.15, 0.2) is 53.4 Å². The SMILES string of the molecule is O=C(Nc1ccc(S(=O)(=O)NCC2CCCO2)cc1)c1ccccc1I. The fourth-order valence-electron chi connectivity index (χ4n) is 2.65. The molecular formula is C18H19IN2O4S. The molecule has 1 fully saturated rings. The second-order valence-corrected chi connectivity index (χ2v) is 8.87. The van der Waals surface area contributed by atoms with Crippen LogP contribution in [0, 0.1) is 3.57 Å². The summed E-state index contributed by atoms with van der Waals surface area (Å²) in [4.78, 5) is 12.5. The Bertz CT molecular complexity index is 878. The van der Waals surface area contributed by atoms with Crippen LogP contribution in [-0.2, 0) is 14.8 Å². The van der Waals surface area contributed by atoms with Gasteiger partial charge >= 0.3 is 0 Å². The number of ether oxygens (including phenoxy) is 1. The van der Waals surface area contributed by atoms with Crippen molar-refractivity contribution in [3.63, 3.8) is 0 Å². The number of amides is 1. The minimum Gasteiger partial charge on any atom is -0.377 e. The van der Waals surface area contributed by atoms with E-state index in [9.17, 15) is 13.2 Å². The van der Waals surface area contributed by atoms with Crippen LogP contribution in [0.4, 0.5) is 5.69 Å². The van der Waals surface area contributed by atoms with Gasteiger partial charge in [-0.3, -0.25) is 4.79 Å². The van der Waals surface area contributed by atoms with E-state index in [1.165, 1.54) is 12.1 Å². The average molecular weight is 486 g/mol. The molecule has 2 N–H and O–H groups in total. The Balaban J connectivity index is 1.64. The van der Waals surface area contributed by atoms with E-state index in [4.69, 9.17) is 4.74 Å². The van der Waals surface area contributed by atoms with Crippen molar-refractivity contribution < 1.29 is 17.9 Å². The fraction of sp³-hybridized carbons (Fsp3) is 0.278. The van der Waals surface area contributed by atoms with Crippen LogP contribution in [0.25, 0.3) is 0 Å². The number of sulfonamides is 1. The van der Waals surface area contributed by atoms with Gasteiger partial charge in [0.1, 0.15) is 0 Å². The monoisotopic (exact) mass is 486 g/mol. The molecule has 1 saturated heterocycles. The number of anilines is 1. The molecule has 8 heteroatoms. The molecule has 1 unspecified atom stereocenters. The Labute approximate surface area is 166 Å². The van der Waals surface area contributed by atoms with E-state index in [1.54, 1.807) is 24.3 Å². The summed E-state index contributed by atoms with van der Waals surface area (Å²) in [5.74, 6) is -0.234. The first-order valence-electron chi connectivity index (χ1n) is 8.23. The minimum atomic E-state index is -3.60. The van der Waals surface area contributed by atoms with Crippen LogP contribution in [0.2, 0.25) is 0 Å². The van der Waals surface area contributed by atoms with E-state index in [0.29, 0.717) is 17.9 Å². The van der Waals surface area contributed by atoms with Gasteiger partial charge in [0.25, 0.3) is 5.91 Å². The first-order chi connectivity index (χ1) is 12.5. The third-order valence-electron chi connectivity index (χ3n) is 4.07. The molecule has 0 saturated carbocycles. The van der Waals surface area contributed by atoms with Crippen LogP contribution in [-0.4, -0.2) is 33.6 Å². The highest BCUT2D eigenvalue weighted by Gasteiger charge is 2.20. The van der Waals surface area contributed by atoms with E-state index < -0.39 is 10.0 Å². The molecular weight excluding hydrogens is 467 g/mol. The number of halogens is 1. The largest absolute Gasteiger partial charge is 0.377 e. The van der Waals surface area contributed by atoms with Crippen LogP contribution in [0.3, 0.4) is 0 Å². The van der Waals surface area contributed by atoms with E-state index in [1.807, 2.05) is 12.1 Å². The van der Waals surface area contributed by atoms with Crippen molar-refractivity contribution >= 4 is 44.2 Å². The topological polar surface area (TPSA) is 84.5 Å². The number of rotatable bonds is 6. The van der Waals surface area contributed by atoms with Gasteiger partial charge in [-0.2, -0.15) is 0 Å². The van der Waals surface area contributed by atoms with Crippen LogP contribution < -0.4 is 10.0 Å². The molecule has 2 aromatic rings. The highest BCUT2D eigenvalue weighted by atomic mass is 127. The quantitative estimate of drug-likeness (QED) is 0.616. The number of carbonyl (C=O) groups is 1. The standard InChI is InChI=1S/C18H19IN2O4S/c19-17-6-2-1-5-16(17)18(22)21-13-7-9-15(10-8-13)26(23,24)20-12-14-4-3-11-25-14/h1-2,5-10,14,20H,3-4,11-12H2,(H,21,22). The van der Waals surface area contributed by atoms with Gasteiger partial charge in [0, 0.05) is 22.4 Å². The molecule has 2 aromatic carbocycles. The normalized spacial score (nSPS) is 17.2. The lowest BCUT2D eigenvalue weighted by Gasteiger charge is -2.12. The van der Waals surface area contributed by atoms with Crippen molar-refractivity contribution in [2.45, 2.75) is 23.8 Å². The van der Waals surface area contributed by atoms with Crippen molar-refractivity contribution in [2.75, 3.05) is 18.5 Å². The third-order valence-corrected chi connectivity index (χ3v) is 6.45. The summed E-state index contributed by atoms with van der Waals surface area (Å²) in [6.07, 6.45) is 1.77. The first-order valence-corrected chi connectivity index (χ1v) is 10.8.